The second-order valence-electron chi connectivity index (χ2n) is 8.95. The third-order valence-corrected chi connectivity index (χ3v) is 7.66. The van der Waals surface area contributed by atoms with Gasteiger partial charge in [-0.25, -0.2) is 9.37 Å². The van der Waals surface area contributed by atoms with Crippen LogP contribution in [0.5, 0.6) is 0 Å². The Labute approximate surface area is 219 Å². The maximum absolute atomic E-state index is 14.0. The number of hydrogen-bond acceptors (Lipinski definition) is 5. The van der Waals surface area contributed by atoms with Gasteiger partial charge in [0.05, 0.1) is 22.0 Å². The normalized spacial score (nSPS) is 15.8. The highest BCUT2D eigenvalue weighted by atomic mass is 32.1. The highest BCUT2D eigenvalue weighted by molar-refractivity contribution is 7.19. The summed E-state index contributed by atoms with van der Waals surface area (Å²) in [5, 5.41) is 0.815. The van der Waals surface area contributed by atoms with E-state index in [4.69, 9.17) is 16.5 Å². The van der Waals surface area contributed by atoms with Crippen LogP contribution in [0.3, 0.4) is 0 Å². The predicted molar refractivity (Wildman–Crippen MR) is 151 cm³/mol. The van der Waals surface area contributed by atoms with Gasteiger partial charge in [0.1, 0.15) is 16.5 Å². The molecule has 0 saturated heterocycles. The molecule has 0 radical (unpaired) electrons. The monoisotopic (exact) mass is 504 g/mol. The molecule has 1 atom stereocenters. The molecule has 0 bridgehead atoms. The molecule has 182 valence electrons. The molecule has 6 rings (SSSR count). The molecule has 1 unspecified atom stereocenters. The topological polar surface area (TPSA) is 68.2 Å². The first-order valence-corrected chi connectivity index (χ1v) is 12.9. The average Bonchev–Trinajstić information content (AvgIpc) is 3.37. The molecular weight excluding hydrogens is 479 g/mol. The van der Waals surface area contributed by atoms with Gasteiger partial charge in [-0.05, 0) is 64.7 Å². The molecule has 4 aromatic carbocycles. The molecule has 1 aromatic heterocycles. The highest BCUT2D eigenvalue weighted by Gasteiger charge is 2.35. The smallest absolute Gasteiger partial charge is 0.143 e. The zero-order valence-corrected chi connectivity index (χ0v) is 20.8. The van der Waals surface area contributed by atoms with Gasteiger partial charge in [-0.15, -0.1) is 11.3 Å². The van der Waals surface area contributed by atoms with E-state index in [0.717, 1.165) is 48.9 Å². The van der Waals surface area contributed by atoms with E-state index in [2.05, 4.69) is 53.4 Å². The van der Waals surface area contributed by atoms with Crippen molar-refractivity contribution in [1.82, 2.24) is 4.98 Å². The zero-order valence-electron chi connectivity index (χ0n) is 20.0. The number of benzene rings is 4. The molecule has 2 heterocycles. The van der Waals surface area contributed by atoms with Gasteiger partial charge in [-0.2, -0.15) is 0 Å². The summed E-state index contributed by atoms with van der Waals surface area (Å²) in [6, 6.07) is 32.9. The average molecular weight is 505 g/mol. The lowest BCUT2D eigenvalue weighted by atomic mass is 9.87. The molecule has 4 nitrogen and oxygen atoms in total. The Morgan fingerprint density at radius 3 is 2.24 bits per heavy atom. The number of halogens is 1. The number of allylic oxidation sites excluding steroid dienone is 1. The van der Waals surface area contributed by atoms with Crippen molar-refractivity contribution in [3.05, 3.63) is 142 Å². The van der Waals surface area contributed by atoms with Gasteiger partial charge in [-0.3, -0.25) is 0 Å². The van der Waals surface area contributed by atoms with Gasteiger partial charge in [0.15, 0.2) is 0 Å². The van der Waals surface area contributed by atoms with Crippen molar-refractivity contribution >= 4 is 38.5 Å². The van der Waals surface area contributed by atoms with Crippen LogP contribution in [0.25, 0.3) is 21.5 Å². The molecule has 1 aliphatic rings. The van der Waals surface area contributed by atoms with Crippen molar-refractivity contribution in [2.45, 2.75) is 12.6 Å². The van der Waals surface area contributed by atoms with Crippen LogP contribution >= 0.6 is 11.3 Å². The van der Waals surface area contributed by atoms with Crippen molar-refractivity contribution in [3.8, 4) is 0 Å². The Morgan fingerprint density at radius 1 is 0.838 bits per heavy atom. The summed E-state index contributed by atoms with van der Waals surface area (Å²) in [4.78, 5) is 7.14. The maximum Gasteiger partial charge on any atom is 0.143 e. The van der Waals surface area contributed by atoms with E-state index in [9.17, 15) is 4.39 Å². The number of anilines is 1. The van der Waals surface area contributed by atoms with E-state index >= 15 is 0 Å². The SMILES string of the molecule is NCc1ccc(C2C(c3ccccc3)=CC(N)=C(c3nc4ccccc4s3)N2c2ccc(F)cc2)cc1. The molecule has 0 fully saturated rings. The fraction of sp³-hybridized carbons (Fsp3) is 0.0645. The molecule has 1 aliphatic heterocycles. The first-order valence-electron chi connectivity index (χ1n) is 12.1. The minimum absolute atomic E-state index is 0.228. The van der Waals surface area contributed by atoms with Crippen LogP contribution < -0.4 is 16.4 Å². The zero-order chi connectivity index (χ0) is 25.4. The number of fused-ring (bicyclic) bond motifs is 1. The van der Waals surface area contributed by atoms with E-state index in [1.165, 1.54) is 12.1 Å². The summed E-state index contributed by atoms with van der Waals surface area (Å²) in [7, 11) is 0. The van der Waals surface area contributed by atoms with E-state index in [1.54, 1.807) is 23.5 Å². The second-order valence-corrected chi connectivity index (χ2v) is 9.98. The Kier molecular flexibility index (Phi) is 6.04. The number of nitrogens with two attached hydrogens (primary N) is 2. The molecule has 0 aliphatic carbocycles. The molecule has 0 amide bonds. The van der Waals surface area contributed by atoms with Crippen LogP contribution in [0, 0.1) is 5.82 Å². The third-order valence-electron chi connectivity index (χ3n) is 6.62. The van der Waals surface area contributed by atoms with Crippen LogP contribution in [0.15, 0.2) is 115 Å². The number of thiazole rings is 1. The number of hydrogen-bond donors (Lipinski definition) is 2. The van der Waals surface area contributed by atoms with Crippen LogP contribution in [0.1, 0.15) is 27.7 Å². The van der Waals surface area contributed by atoms with E-state index in [1.807, 2.05) is 36.4 Å². The summed E-state index contributed by atoms with van der Waals surface area (Å²) in [5.41, 5.74) is 20.1. The van der Waals surface area contributed by atoms with Crippen molar-refractivity contribution < 1.29 is 4.39 Å². The van der Waals surface area contributed by atoms with Gasteiger partial charge >= 0.3 is 0 Å². The highest BCUT2D eigenvalue weighted by Crippen LogP contribution is 2.47. The van der Waals surface area contributed by atoms with Gasteiger partial charge < -0.3 is 16.4 Å². The Bertz CT molecular complexity index is 1590. The molecule has 0 spiro atoms. The standard InChI is InChI=1S/C31H25FN4S/c32-23-14-16-24(17-15-23)36-29(22-12-10-20(19-33)11-13-22)25(21-6-2-1-3-7-21)18-26(34)30(36)31-35-27-8-4-5-9-28(27)37-31/h1-18,29H,19,33-34H2. The van der Waals surface area contributed by atoms with Crippen molar-refractivity contribution in [2.75, 3.05) is 4.90 Å². The van der Waals surface area contributed by atoms with Crippen LogP contribution in [0.2, 0.25) is 0 Å². The molecule has 5 aromatic rings. The molecule has 6 heteroatoms. The molecule has 4 N–H and O–H groups in total. The quantitative estimate of drug-likeness (QED) is 0.274. The Hall–Kier alpha value is -4.26. The third kappa shape index (κ3) is 4.31. The fourth-order valence-corrected chi connectivity index (χ4v) is 5.87. The van der Waals surface area contributed by atoms with Crippen molar-refractivity contribution in [2.24, 2.45) is 11.5 Å². The van der Waals surface area contributed by atoms with E-state index < -0.39 is 0 Å². The minimum atomic E-state index is -0.290. The van der Waals surface area contributed by atoms with Crippen LogP contribution in [-0.4, -0.2) is 4.98 Å². The first-order chi connectivity index (χ1) is 18.1. The summed E-state index contributed by atoms with van der Waals surface area (Å²) in [6.07, 6.45) is 2.05. The van der Waals surface area contributed by atoms with Crippen LogP contribution in [0.4, 0.5) is 10.1 Å². The number of aromatic nitrogens is 1. The predicted octanol–water partition coefficient (Wildman–Crippen LogP) is 6.87. The molecule has 37 heavy (non-hydrogen) atoms. The molecular formula is C31H25FN4S. The lowest BCUT2D eigenvalue weighted by Crippen LogP contribution is -2.33. The maximum atomic E-state index is 14.0. The largest absolute Gasteiger partial charge is 0.397 e. The van der Waals surface area contributed by atoms with E-state index in [0.29, 0.717) is 12.2 Å². The van der Waals surface area contributed by atoms with Gasteiger partial charge in [0.25, 0.3) is 0 Å². The van der Waals surface area contributed by atoms with E-state index in [-0.39, 0.29) is 11.9 Å². The number of rotatable bonds is 5. The van der Waals surface area contributed by atoms with Gasteiger partial charge in [0.2, 0.25) is 0 Å². The number of para-hydroxylation sites is 1. The minimum Gasteiger partial charge on any atom is -0.397 e. The van der Waals surface area contributed by atoms with Crippen molar-refractivity contribution in [1.29, 1.82) is 0 Å². The fourth-order valence-electron chi connectivity index (χ4n) is 4.84. The first kappa shape index (κ1) is 23.2. The summed E-state index contributed by atoms with van der Waals surface area (Å²) >= 11 is 1.60. The van der Waals surface area contributed by atoms with Crippen LogP contribution in [-0.2, 0) is 6.54 Å². The second kappa shape index (κ2) is 9.65. The van der Waals surface area contributed by atoms with Gasteiger partial charge in [-0.1, -0.05) is 66.7 Å². The molecule has 0 saturated carbocycles. The summed E-state index contributed by atoms with van der Waals surface area (Å²) < 4.78 is 15.1. The lowest BCUT2D eigenvalue weighted by molar-refractivity contribution is 0.627. The lowest BCUT2D eigenvalue weighted by Gasteiger charge is -2.40. The summed E-state index contributed by atoms with van der Waals surface area (Å²) in [5.74, 6) is -0.290. The Balaban J connectivity index is 1.63. The van der Waals surface area contributed by atoms with Crippen molar-refractivity contribution in [3.63, 3.8) is 0 Å². The number of nitrogens with zero attached hydrogens (tertiary/aromatic N) is 2. The summed E-state index contributed by atoms with van der Waals surface area (Å²) in [6.45, 7) is 0.470. The Morgan fingerprint density at radius 2 is 1.54 bits per heavy atom. The van der Waals surface area contributed by atoms with Gasteiger partial charge in [0, 0.05) is 12.2 Å².